The molecule has 1 aliphatic rings. The second kappa shape index (κ2) is 8.81. The Morgan fingerprint density at radius 1 is 1.25 bits per heavy atom. The van der Waals surface area contributed by atoms with E-state index >= 15 is 0 Å². The van der Waals surface area contributed by atoms with Crippen LogP contribution in [-0.2, 0) is 11.2 Å². The summed E-state index contributed by atoms with van der Waals surface area (Å²) in [4.78, 5) is 12.6. The number of alkyl halides is 3. The van der Waals surface area contributed by atoms with Gasteiger partial charge in [-0.1, -0.05) is 25.8 Å². The van der Waals surface area contributed by atoms with Gasteiger partial charge in [0.2, 0.25) is 5.91 Å². The maximum absolute atomic E-state index is 13.5. The van der Waals surface area contributed by atoms with E-state index in [-0.39, 0.29) is 17.1 Å². The highest BCUT2D eigenvalue weighted by Gasteiger charge is 2.62. The lowest BCUT2D eigenvalue weighted by Crippen LogP contribution is -2.57. The van der Waals surface area contributed by atoms with Crippen molar-refractivity contribution in [3.63, 3.8) is 0 Å². The van der Waals surface area contributed by atoms with Gasteiger partial charge in [-0.25, -0.2) is 0 Å². The van der Waals surface area contributed by atoms with Crippen LogP contribution in [0.2, 0.25) is 0 Å². The molecule has 0 spiro atoms. The third-order valence-corrected chi connectivity index (χ3v) is 4.60. The minimum atomic E-state index is -5.02. The summed E-state index contributed by atoms with van der Waals surface area (Å²) in [5.74, 6) is -0.163. The van der Waals surface area contributed by atoms with E-state index in [0.717, 1.165) is 12.8 Å². The molecule has 0 saturated heterocycles. The van der Waals surface area contributed by atoms with E-state index in [1.165, 1.54) is 20.3 Å². The summed E-state index contributed by atoms with van der Waals surface area (Å²) in [6, 6.07) is 4.61. The lowest BCUT2D eigenvalue weighted by atomic mass is 10.0. The molecule has 28 heavy (non-hydrogen) atoms. The Labute approximate surface area is 161 Å². The third kappa shape index (κ3) is 4.57. The van der Waals surface area contributed by atoms with Gasteiger partial charge in [0, 0.05) is 12.1 Å². The molecule has 1 N–H and O–H groups in total. The molecular formula is C19H25F3N2O4. The summed E-state index contributed by atoms with van der Waals surface area (Å²) < 4.78 is 50.8. The second-order valence-corrected chi connectivity index (χ2v) is 6.69. The Bertz CT molecular complexity index is 736. The van der Waals surface area contributed by atoms with Crippen molar-refractivity contribution < 1.29 is 32.5 Å². The summed E-state index contributed by atoms with van der Waals surface area (Å²) >= 11 is 0. The first-order valence-electron chi connectivity index (χ1n) is 9.05. The van der Waals surface area contributed by atoms with Gasteiger partial charge >= 0.3 is 6.18 Å². The fraction of sp³-hybridized carbons (Fsp3) is 0.579. The third-order valence-electron chi connectivity index (χ3n) is 4.60. The summed E-state index contributed by atoms with van der Waals surface area (Å²) in [6.45, 7) is 1.97. The van der Waals surface area contributed by atoms with Crippen LogP contribution in [-0.4, -0.2) is 47.9 Å². The number of methoxy groups -OCH3 is 2. The van der Waals surface area contributed by atoms with Crippen LogP contribution in [0.4, 0.5) is 13.2 Å². The normalized spacial score (nSPS) is 19.5. The Balaban J connectivity index is 2.24. The summed E-state index contributed by atoms with van der Waals surface area (Å²) in [5.41, 5.74) is -2.72. The smallest absolute Gasteiger partial charge is 0.438 e. The SMILES string of the molecule is CCCCCC1=NN(C(=O)Cc2ccc(OC)c(OC)c2)[C@](O)(C(F)(F)F)C1. The van der Waals surface area contributed by atoms with Crippen molar-refractivity contribution in [2.24, 2.45) is 5.10 Å². The number of unbranched alkanes of at least 4 members (excludes halogenated alkanes) is 2. The predicted octanol–water partition coefficient (Wildman–Crippen LogP) is 3.67. The fourth-order valence-electron chi connectivity index (χ4n) is 3.06. The van der Waals surface area contributed by atoms with E-state index < -0.39 is 24.2 Å². The van der Waals surface area contributed by atoms with Gasteiger partial charge in [-0.2, -0.15) is 23.3 Å². The van der Waals surface area contributed by atoms with Gasteiger partial charge in [0.25, 0.3) is 5.72 Å². The molecule has 1 heterocycles. The number of carbonyl (C=O) groups excluding carboxylic acids is 1. The molecule has 156 valence electrons. The monoisotopic (exact) mass is 402 g/mol. The van der Waals surface area contributed by atoms with Gasteiger partial charge in [-0.05, 0) is 30.5 Å². The van der Waals surface area contributed by atoms with E-state index in [1.54, 1.807) is 12.1 Å². The quantitative estimate of drug-likeness (QED) is 0.674. The molecule has 0 saturated carbocycles. The van der Waals surface area contributed by atoms with Crippen molar-refractivity contribution in [3.05, 3.63) is 23.8 Å². The highest BCUT2D eigenvalue weighted by Crippen LogP contribution is 2.41. The first kappa shape index (κ1) is 22.0. The largest absolute Gasteiger partial charge is 0.493 e. The van der Waals surface area contributed by atoms with Crippen LogP contribution in [0.5, 0.6) is 11.5 Å². The Kier molecular flexibility index (Phi) is 6.92. The molecule has 6 nitrogen and oxygen atoms in total. The average molecular weight is 402 g/mol. The molecular weight excluding hydrogens is 377 g/mol. The van der Waals surface area contributed by atoms with Gasteiger partial charge < -0.3 is 14.6 Å². The molecule has 1 aromatic carbocycles. The number of ether oxygens (including phenoxy) is 2. The van der Waals surface area contributed by atoms with E-state index in [2.05, 4.69) is 5.10 Å². The lowest BCUT2D eigenvalue weighted by molar-refractivity contribution is -0.302. The van der Waals surface area contributed by atoms with Crippen molar-refractivity contribution >= 4 is 11.6 Å². The number of rotatable bonds is 8. The average Bonchev–Trinajstić information content (AvgIpc) is 2.99. The van der Waals surface area contributed by atoms with Crippen LogP contribution in [0.15, 0.2) is 23.3 Å². The zero-order chi connectivity index (χ0) is 20.9. The minimum absolute atomic E-state index is 0.175. The standard InChI is InChI=1S/C19H25F3N2O4/c1-4-5-6-7-14-12-18(26,19(20,21)22)24(23-14)17(25)11-13-8-9-15(27-2)16(10-13)28-3/h8-10,26H,4-7,11-12H2,1-3H3/t18-/m1/s1. The number of amides is 1. The summed E-state index contributed by atoms with van der Waals surface area (Å²) in [5, 5.41) is 14.3. The summed E-state index contributed by atoms with van der Waals surface area (Å²) in [6.07, 6.45) is -3.41. The molecule has 0 radical (unpaired) electrons. The number of halogens is 3. The Morgan fingerprint density at radius 2 is 1.93 bits per heavy atom. The van der Waals surface area contributed by atoms with E-state index in [1.807, 2.05) is 6.92 Å². The molecule has 1 aromatic rings. The number of hydrogen-bond acceptors (Lipinski definition) is 5. The van der Waals surface area contributed by atoms with Crippen LogP contribution in [0.1, 0.15) is 44.6 Å². The molecule has 1 atom stereocenters. The van der Waals surface area contributed by atoms with Crippen LogP contribution < -0.4 is 9.47 Å². The van der Waals surface area contributed by atoms with Crippen molar-refractivity contribution in [3.8, 4) is 11.5 Å². The summed E-state index contributed by atoms with van der Waals surface area (Å²) in [7, 11) is 2.87. The van der Waals surface area contributed by atoms with Crippen LogP contribution in [0.3, 0.4) is 0 Å². The van der Waals surface area contributed by atoms with Crippen molar-refractivity contribution in [1.29, 1.82) is 0 Å². The van der Waals surface area contributed by atoms with Crippen molar-refractivity contribution in [2.75, 3.05) is 14.2 Å². The second-order valence-electron chi connectivity index (χ2n) is 6.69. The number of aliphatic hydroxyl groups is 1. The zero-order valence-corrected chi connectivity index (χ0v) is 16.2. The molecule has 1 amide bonds. The molecule has 9 heteroatoms. The maximum atomic E-state index is 13.5. The van der Waals surface area contributed by atoms with Gasteiger partial charge in [-0.15, -0.1) is 0 Å². The van der Waals surface area contributed by atoms with E-state index in [9.17, 15) is 23.1 Å². The molecule has 0 aliphatic carbocycles. The van der Waals surface area contributed by atoms with Crippen molar-refractivity contribution in [1.82, 2.24) is 5.01 Å². The molecule has 0 fully saturated rings. The van der Waals surface area contributed by atoms with Gasteiger partial charge in [-0.3, -0.25) is 4.79 Å². The number of hydrazone groups is 1. The number of carbonyl (C=O) groups is 1. The van der Waals surface area contributed by atoms with E-state index in [0.29, 0.717) is 29.9 Å². The van der Waals surface area contributed by atoms with Crippen molar-refractivity contribution in [2.45, 2.75) is 57.3 Å². The van der Waals surface area contributed by atoms with Gasteiger partial charge in [0.1, 0.15) is 0 Å². The highest BCUT2D eigenvalue weighted by molar-refractivity contribution is 5.91. The minimum Gasteiger partial charge on any atom is -0.493 e. The molecule has 1 aliphatic heterocycles. The Hall–Kier alpha value is -2.29. The fourth-order valence-corrected chi connectivity index (χ4v) is 3.06. The topological polar surface area (TPSA) is 71.4 Å². The highest BCUT2D eigenvalue weighted by atomic mass is 19.4. The number of hydrogen-bond donors (Lipinski definition) is 1. The first-order chi connectivity index (χ1) is 13.2. The van der Waals surface area contributed by atoms with Gasteiger partial charge in [0.05, 0.1) is 20.6 Å². The number of nitrogens with zero attached hydrogens (tertiary/aromatic N) is 2. The Morgan fingerprint density at radius 3 is 2.50 bits per heavy atom. The molecule has 0 aromatic heterocycles. The molecule has 2 rings (SSSR count). The molecule has 0 unspecified atom stereocenters. The zero-order valence-electron chi connectivity index (χ0n) is 16.2. The maximum Gasteiger partial charge on any atom is 0.438 e. The van der Waals surface area contributed by atoms with Crippen LogP contribution in [0, 0.1) is 0 Å². The van der Waals surface area contributed by atoms with Crippen LogP contribution in [0.25, 0.3) is 0 Å². The van der Waals surface area contributed by atoms with E-state index in [4.69, 9.17) is 9.47 Å². The number of benzene rings is 1. The first-order valence-corrected chi connectivity index (χ1v) is 9.05. The predicted molar refractivity (Wildman–Crippen MR) is 97.3 cm³/mol. The lowest BCUT2D eigenvalue weighted by Gasteiger charge is -2.32. The molecule has 0 bridgehead atoms. The van der Waals surface area contributed by atoms with Gasteiger partial charge in [0.15, 0.2) is 11.5 Å². The van der Waals surface area contributed by atoms with Crippen LogP contribution >= 0.6 is 0 Å².